The highest BCUT2D eigenvalue weighted by Gasteiger charge is 2.18. The van der Waals surface area contributed by atoms with Gasteiger partial charge in [0, 0.05) is 77.6 Å². The van der Waals surface area contributed by atoms with Crippen LogP contribution >= 0.6 is 34.0 Å². The summed E-state index contributed by atoms with van der Waals surface area (Å²) in [4.78, 5) is 2.45. The fourth-order valence-corrected chi connectivity index (χ4v) is 10.2. The van der Waals surface area contributed by atoms with E-state index in [4.69, 9.17) is 0 Å². The van der Waals surface area contributed by atoms with Crippen LogP contribution in [-0.2, 0) is 0 Å². The van der Waals surface area contributed by atoms with Gasteiger partial charge in [-0.3, -0.25) is 0 Å². The van der Waals surface area contributed by atoms with Crippen molar-refractivity contribution in [1.29, 1.82) is 0 Å². The predicted molar refractivity (Wildman–Crippen MR) is 197 cm³/mol. The van der Waals surface area contributed by atoms with E-state index in [9.17, 15) is 0 Å². The molecule has 0 spiro atoms. The quantitative estimate of drug-likeness (QED) is 0.192. The molecule has 206 valence electrons. The van der Waals surface area contributed by atoms with Crippen LogP contribution in [0.5, 0.6) is 0 Å². The van der Waals surface area contributed by atoms with Gasteiger partial charge in [0.05, 0.1) is 0 Å². The maximum absolute atomic E-state index is 2.45. The minimum absolute atomic E-state index is 1.17. The third-order valence-corrected chi connectivity index (χ3v) is 12.3. The van der Waals surface area contributed by atoms with Gasteiger partial charge in [0.25, 0.3) is 0 Å². The van der Waals surface area contributed by atoms with Crippen LogP contribution < -0.4 is 4.90 Å². The summed E-state index contributed by atoms with van der Waals surface area (Å²) >= 11 is 5.62. The largest absolute Gasteiger partial charge is 0.310 e. The summed E-state index contributed by atoms with van der Waals surface area (Å²) in [6, 6.07) is 51.8. The second-order valence-corrected chi connectivity index (χ2v) is 14.6. The van der Waals surface area contributed by atoms with Crippen molar-refractivity contribution < 1.29 is 0 Å². The Morgan fingerprint density at radius 3 is 1.59 bits per heavy atom. The Balaban J connectivity index is 1.26. The molecule has 0 unspecified atom stereocenters. The molecule has 4 heteroatoms. The highest BCUT2D eigenvalue weighted by molar-refractivity contribution is 7.26. The lowest BCUT2D eigenvalue weighted by atomic mass is 10.0. The summed E-state index contributed by atoms with van der Waals surface area (Å²) in [5.74, 6) is 0. The normalized spacial score (nSPS) is 12.1. The third-order valence-electron chi connectivity index (χ3n) is 8.84. The first-order chi connectivity index (χ1) is 21.8. The van der Waals surface area contributed by atoms with Crippen LogP contribution in [0.25, 0.3) is 71.3 Å². The van der Waals surface area contributed by atoms with E-state index < -0.39 is 0 Å². The molecular weight excluding hydrogens is 591 g/mol. The lowest BCUT2D eigenvalue weighted by Crippen LogP contribution is -2.09. The molecule has 0 amide bonds. The summed E-state index contributed by atoms with van der Waals surface area (Å²) in [5.41, 5.74) is 3.51. The second-order valence-electron chi connectivity index (χ2n) is 11.3. The molecule has 0 aliphatic heterocycles. The van der Waals surface area contributed by atoms with Crippen LogP contribution in [0.4, 0.5) is 17.1 Å². The van der Waals surface area contributed by atoms with Gasteiger partial charge in [-0.15, -0.1) is 34.0 Å². The van der Waals surface area contributed by atoms with E-state index in [0.717, 1.165) is 0 Å². The Labute approximate surface area is 265 Å². The summed E-state index contributed by atoms with van der Waals surface area (Å²) in [6.45, 7) is 0. The van der Waals surface area contributed by atoms with Gasteiger partial charge in [-0.25, -0.2) is 0 Å². The van der Waals surface area contributed by atoms with Crippen LogP contribution in [0.15, 0.2) is 140 Å². The number of nitrogens with zero attached hydrogens (tertiary/aromatic N) is 1. The average molecular weight is 614 g/mol. The van der Waals surface area contributed by atoms with Crippen molar-refractivity contribution in [3.8, 4) is 0 Å². The molecule has 10 aromatic rings. The van der Waals surface area contributed by atoms with Gasteiger partial charge in [-0.1, -0.05) is 72.8 Å². The smallest absolute Gasteiger partial charge is 0.0476 e. The molecule has 0 atom stereocenters. The minimum atomic E-state index is 1.17. The van der Waals surface area contributed by atoms with E-state index in [0.29, 0.717) is 0 Å². The maximum atomic E-state index is 2.45. The number of thiophene rings is 3. The number of hydrogen-bond donors (Lipinski definition) is 0. The van der Waals surface area contributed by atoms with Crippen molar-refractivity contribution in [2.24, 2.45) is 0 Å². The van der Waals surface area contributed by atoms with Crippen molar-refractivity contribution in [2.75, 3.05) is 4.90 Å². The van der Waals surface area contributed by atoms with Crippen LogP contribution in [0.2, 0.25) is 0 Å². The fraction of sp³-hybridized carbons (Fsp3) is 0. The highest BCUT2D eigenvalue weighted by atomic mass is 32.1. The van der Waals surface area contributed by atoms with Gasteiger partial charge in [-0.2, -0.15) is 0 Å². The van der Waals surface area contributed by atoms with E-state index >= 15 is 0 Å². The molecule has 7 aromatic carbocycles. The Kier molecular flexibility index (Phi) is 5.26. The molecule has 0 bridgehead atoms. The first-order valence-electron chi connectivity index (χ1n) is 14.8. The number of fused-ring (bicyclic) bond motifs is 11. The molecule has 10 rings (SSSR count). The molecular formula is C40H23NS3. The monoisotopic (exact) mass is 613 g/mol. The van der Waals surface area contributed by atoms with Gasteiger partial charge in [0.1, 0.15) is 0 Å². The van der Waals surface area contributed by atoms with E-state index in [1.54, 1.807) is 0 Å². The minimum Gasteiger partial charge on any atom is -0.310 e. The standard InChI is InChI=1S/C40H23NS3/c1-4-10-34-28(7-1)30-18-16-27(23-39(30)44-34)41(26-17-20-37-33(22-26)29-8-2-5-11-35(29)42-37)25-15-13-24-14-19-38-40(32(24)21-25)31-9-3-6-12-36(31)43-38/h1-23H. The van der Waals surface area contributed by atoms with Crippen molar-refractivity contribution in [1.82, 2.24) is 0 Å². The van der Waals surface area contributed by atoms with Gasteiger partial charge in [0.15, 0.2) is 0 Å². The molecule has 0 saturated carbocycles. The van der Waals surface area contributed by atoms with Gasteiger partial charge >= 0.3 is 0 Å². The molecule has 3 heterocycles. The third kappa shape index (κ3) is 3.62. The van der Waals surface area contributed by atoms with Crippen LogP contribution in [0.3, 0.4) is 0 Å². The molecule has 0 radical (unpaired) electrons. The first kappa shape index (κ1) is 24.7. The summed E-state index contributed by atoms with van der Waals surface area (Å²) in [7, 11) is 0. The lowest BCUT2D eigenvalue weighted by Gasteiger charge is -2.26. The van der Waals surface area contributed by atoms with Crippen molar-refractivity contribution >= 4 is 122 Å². The summed E-state index contributed by atoms with van der Waals surface area (Å²) in [6.07, 6.45) is 0. The number of hydrogen-bond acceptors (Lipinski definition) is 4. The van der Waals surface area contributed by atoms with Crippen LogP contribution in [0.1, 0.15) is 0 Å². The summed E-state index contributed by atoms with van der Waals surface area (Å²) in [5, 5.41) is 10.5. The second kappa shape index (κ2) is 9.38. The highest BCUT2D eigenvalue weighted by Crippen LogP contribution is 2.45. The Hall–Kier alpha value is -4.74. The van der Waals surface area contributed by atoms with Gasteiger partial charge in [0.2, 0.25) is 0 Å². The summed E-state index contributed by atoms with van der Waals surface area (Å²) < 4.78 is 7.95. The van der Waals surface area contributed by atoms with Crippen molar-refractivity contribution in [3.63, 3.8) is 0 Å². The van der Waals surface area contributed by atoms with Gasteiger partial charge < -0.3 is 4.90 Å². The van der Waals surface area contributed by atoms with Crippen molar-refractivity contribution in [2.45, 2.75) is 0 Å². The van der Waals surface area contributed by atoms with Gasteiger partial charge in [-0.05, 0) is 77.5 Å². The Bertz CT molecular complexity index is 2740. The average Bonchev–Trinajstić information content (AvgIpc) is 3.75. The molecule has 0 fully saturated rings. The van der Waals surface area contributed by atoms with Crippen molar-refractivity contribution in [3.05, 3.63) is 140 Å². The van der Waals surface area contributed by atoms with E-state index in [1.165, 1.54) is 88.4 Å². The van der Waals surface area contributed by atoms with Crippen LogP contribution in [-0.4, -0.2) is 0 Å². The molecule has 0 saturated heterocycles. The van der Waals surface area contributed by atoms with E-state index in [2.05, 4.69) is 144 Å². The number of rotatable bonds is 3. The first-order valence-corrected chi connectivity index (χ1v) is 17.2. The van der Waals surface area contributed by atoms with E-state index in [-0.39, 0.29) is 0 Å². The van der Waals surface area contributed by atoms with E-state index in [1.807, 2.05) is 34.0 Å². The van der Waals surface area contributed by atoms with Crippen LogP contribution in [0, 0.1) is 0 Å². The molecule has 0 aliphatic rings. The fourth-order valence-electron chi connectivity index (χ4n) is 6.82. The molecule has 44 heavy (non-hydrogen) atoms. The zero-order valence-corrected chi connectivity index (χ0v) is 25.9. The lowest BCUT2D eigenvalue weighted by molar-refractivity contribution is 1.30. The predicted octanol–water partition coefficient (Wildman–Crippen LogP) is 13.4. The number of benzene rings is 7. The molecule has 0 N–H and O–H groups in total. The Morgan fingerprint density at radius 2 is 0.795 bits per heavy atom. The molecule has 3 aromatic heterocycles. The topological polar surface area (TPSA) is 3.24 Å². The maximum Gasteiger partial charge on any atom is 0.0476 e. The molecule has 1 nitrogen and oxygen atoms in total. The molecule has 0 aliphatic carbocycles. The Morgan fingerprint density at radius 1 is 0.318 bits per heavy atom. The zero-order chi connectivity index (χ0) is 28.8. The SMILES string of the molecule is c1ccc2c(c1)sc1cc(N(c3ccc4sc5ccccc5c4c3)c3ccc4ccc5sc6ccccc6c5c4c3)ccc12. The number of anilines is 3. The zero-order valence-electron chi connectivity index (χ0n) is 23.5.